The van der Waals surface area contributed by atoms with Gasteiger partial charge in [0.2, 0.25) is 0 Å². The lowest BCUT2D eigenvalue weighted by Gasteiger charge is -2.50. The van der Waals surface area contributed by atoms with Crippen molar-refractivity contribution < 1.29 is 19.1 Å². The van der Waals surface area contributed by atoms with Gasteiger partial charge in [0.05, 0.1) is 18.4 Å². The Hall–Kier alpha value is -2.62. The third-order valence-corrected chi connectivity index (χ3v) is 5.15. The largest absolute Gasteiger partial charge is 0.466 e. The Morgan fingerprint density at radius 1 is 0.786 bits per heavy atom. The van der Waals surface area contributed by atoms with E-state index in [-0.39, 0.29) is 23.8 Å². The molecule has 2 atom stereocenters. The van der Waals surface area contributed by atoms with Crippen molar-refractivity contribution in [1.82, 2.24) is 0 Å². The van der Waals surface area contributed by atoms with Crippen molar-refractivity contribution in [3.05, 3.63) is 71.8 Å². The van der Waals surface area contributed by atoms with Crippen LogP contribution in [0.1, 0.15) is 50.7 Å². The summed E-state index contributed by atoms with van der Waals surface area (Å²) in [5, 5.41) is 0. The molecule has 3 rings (SSSR count). The quantitative estimate of drug-likeness (QED) is 0.705. The standard InChI is InChI=1S/C24H28O4/c1-5-27-22(25)20-18(16-12-8-6-9-13-16)21(23(26)28-24(2,3)4)19(20)17-14-10-7-11-15-17/h6-15,18-21H,5H2,1-4H3/t18-,19-,20?,21?/m1/s1. The highest BCUT2D eigenvalue weighted by Crippen LogP contribution is 2.58. The van der Waals surface area contributed by atoms with Crippen LogP contribution in [0.3, 0.4) is 0 Å². The minimum Gasteiger partial charge on any atom is -0.466 e. The molecule has 0 heterocycles. The van der Waals surface area contributed by atoms with Gasteiger partial charge in [0.15, 0.2) is 0 Å². The van der Waals surface area contributed by atoms with Crippen LogP contribution in [0.15, 0.2) is 60.7 Å². The topological polar surface area (TPSA) is 52.6 Å². The first kappa shape index (κ1) is 20.1. The first-order valence-electron chi connectivity index (χ1n) is 9.83. The zero-order chi connectivity index (χ0) is 20.3. The van der Waals surface area contributed by atoms with Crippen LogP contribution in [-0.2, 0) is 19.1 Å². The third kappa shape index (κ3) is 4.11. The van der Waals surface area contributed by atoms with E-state index in [1.807, 2.05) is 81.4 Å². The highest BCUT2D eigenvalue weighted by Gasteiger charge is 2.59. The number of ether oxygens (including phenoxy) is 2. The lowest BCUT2D eigenvalue weighted by atomic mass is 9.52. The maximum atomic E-state index is 13.2. The molecule has 0 saturated heterocycles. The van der Waals surface area contributed by atoms with Gasteiger partial charge in [-0.15, -0.1) is 0 Å². The van der Waals surface area contributed by atoms with Gasteiger partial charge in [0.25, 0.3) is 0 Å². The molecule has 0 aromatic heterocycles. The van der Waals surface area contributed by atoms with Crippen LogP contribution < -0.4 is 0 Å². The predicted octanol–water partition coefficient (Wildman–Crippen LogP) is 4.70. The van der Waals surface area contributed by atoms with Crippen LogP contribution in [0.5, 0.6) is 0 Å². The monoisotopic (exact) mass is 380 g/mol. The fourth-order valence-electron chi connectivity index (χ4n) is 4.12. The lowest BCUT2D eigenvalue weighted by Crippen LogP contribution is -2.52. The Kier molecular flexibility index (Phi) is 5.87. The maximum Gasteiger partial charge on any atom is 0.310 e. The van der Waals surface area contributed by atoms with E-state index in [0.29, 0.717) is 6.61 Å². The van der Waals surface area contributed by atoms with Crippen molar-refractivity contribution in [2.75, 3.05) is 6.61 Å². The van der Waals surface area contributed by atoms with Gasteiger partial charge >= 0.3 is 11.9 Å². The second kappa shape index (κ2) is 8.17. The average molecular weight is 380 g/mol. The van der Waals surface area contributed by atoms with E-state index in [4.69, 9.17) is 9.47 Å². The summed E-state index contributed by atoms with van der Waals surface area (Å²) in [6, 6.07) is 19.4. The van der Waals surface area contributed by atoms with Gasteiger partial charge in [0, 0.05) is 11.8 Å². The Labute approximate surface area is 166 Å². The minimum absolute atomic E-state index is 0.259. The van der Waals surface area contributed by atoms with E-state index in [2.05, 4.69) is 0 Å². The molecule has 1 aliphatic rings. The highest BCUT2D eigenvalue weighted by molar-refractivity contribution is 5.85. The number of benzene rings is 2. The van der Waals surface area contributed by atoms with Crippen LogP contribution in [0.25, 0.3) is 0 Å². The van der Waals surface area contributed by atoms with Crippen molar-refractivity contribution in [2.45, 2.75) is 45.1 Å². The normalized spacial score (nSPS) is 24.1. The van der Waals surface area contributed by atoms with Gasteiger partial charge < -0.3 is 9.47 Å². The van der Waals surface area contributed by atoms with Crippen molar-refractivity contribution in [2.24, 2.45) is 11.8 Å². The van der Waals surface area contributed by atoms with E-state index >= 15 is 0 Å². The molecule has 0 aliphatic heterocycles. The average Bonchev–Trinajstić information content (AvgIpc) is 2.61. The Bertz CT molecular complexity index is 760. The lowest BCUT2D eigenvalue weighted by molar-refractivity contribution is -0.174. The van der Waals surface area contributed by atoms with Crippen molar-refractivity contribution in [3.63, 3.8) is 0 Å². The summed E-state index contributed by atoms with van der Waals surface area (Å²) in [6.07, 6.45) is 0. The molecular formula is C24H28O4. The van der Waals surface area contributed by atoms with Crippen LogP contribution in [0, 0.1) is 11.8 Å². The SMILES string of the molecule is CCOC(=O)C1[C@@H](c2ccccc2)C(C(=O)OC(C)(C)C)[C@@H]1c1ccccc1. The molecule has 148 valence electrons. The molecule has 4 heteroatoms. The second-order valence-corrected chi connectivity index (χ2v) is 8.21. The molecule has 0 bridgehead atoms. The Morgan fingerprint density at radius 2 is 1.21 bits per heavy atom. The fourth-order valence-corrected chi connectivity index (χ4v) is 4.12. The number of hydrogen-bond acceptors (Lipinski definition) is 4. The molecule has 1 fully saturated rings. The Morgan fingerprint density at radius 3 is 1.61 bits per heavy atom. The van der Waals surface area contributed by atoms with E-state index in [1.165, 1.54) is 0 Å². The summed E-state index contributed by atoms with van der Waals surface area (Å²) in [5.41, 5.74) is 1.33. The van der Waals surface area contributed by atoms with Gasteiger partial charge in [-0.1, -0.05) is 60.7 Å². The smallest absolute Gasteiger partial charge is 0.310 e. The van der Waals surface area contributed by atoms with E-state index in [1.54, 1.807) is 6.92 Å². The van der Waals surface area contributed by atoms with Crippen LogP contribution in [0.2, 0.25) is 0 Å². The molecule has 0 spiro atoms. The summed E-state index contributed by atoms with van der Waals surface area (Å²) in [4.78, 5) is 26.0. The van der Waals surface area contributed by atoms with Gasteiger partial charge in [-0.25, -0.2) is 0 Å². The zero-order valence-electron chi connectivity index (χ0n) is 16.9. The molecule has 2 aromatic carbocycles. The molecule has 0 amide bonds. The first-order valence-corrected chi connectivity index (χ1v) is 9.83. The Balaban J connectivity index is 2.04. The number of carbonyl (C=O) groups excluding carboxylic acids is 2. The molecular weight excluding hydrogens is 352 g/mol. The molecule has 1 saturated carbocycles. The molecule has 0 radical (unpaired) electrons. The molecule has 4 nitrogen and oxygen atoms in total. The molecule has 2 aromatic rings. The maximum absolute atomic E-state index is 13.2. The fraction of sp³-hybridized carbons (Fsp3) is 0.417. The first-order chi connectivity index (χ1) is 13.3. The summed E-state index contributed by atoms with van der Waals surface area (Å²) in [5.74, 6) is -1.90. The summed E-state index contributed by atoms with van der Waals surface area (Å²) in [6.45, 7) is 7.71. The second-order valence-electron chi connectivity index (χ2n) is 8.21. The highest BCUT2D eigenvalue weighted by atomic mass is 16.6. The number of rotatable bonds is 5. The molecule has 28 heavy (non-hydrogen) atoms. The molecule has 0 unspecified atom stereocenters. The van der Waals surface area contributed by atoms with Gasteiger partial charge in [-0.2, -0.15) is 0 Å². The van der Waals surface area contributed by atoms with Crippen molar-refractivity contribution >= 4 is 11.9 Å². The van der Waals surface area contributed by atoms with Crippen LogP contribution >= 0.6 is 0 Å². The van der Waals surface area contributed by atoms with Gasteiger partial charge in [0.1, 0.15) is 5.60 Å². The van der Waals surface area contributed by atoms with Crippen LogP contribution in [0.4, 0.5) is 0 Å². The van der Waals surface area contributed by atoms with Gasteiger partial charge in [-0.05, 0) is 38.8 Å². The summed E-state index contributed by atoms with van der Waals surface area (Å²) < 4.78 is 11.1. The number of hydrogen-bond donors (Lipinski definition) is 0. The number of carbonyl (C=O) groups is 2. The molecule has 0 N–H and O–H groups in total. The summed E-state index contributed by atoms with van der Waals surface area (Å²) >= 11 is 0. The third-order valence-electron chi connectivity index (χ3n) is 5.15. The zero-order valence-corrected chi connectivity index (χ0v) is 16.9. The van der Waals surface area contributed by atoms with Crippen molar-refractivity contribution in [3.8, 4) is 0 Å². The molecule has 1 aliphatic carbocycles. The van der Waals surface area contributed by atoms with Gasteiger partial charge in [-0.3, -0.25) is 9.59 Å². The van der Waals surface area contributed by atoms with E-state index in [9.17, 15) is 9.59 Å². The van der Waals surface area contributed by atoms with E-state index in [0.717, 1.165) is 11.1 Å². The van der Waals surface area contributed by atoms with Crippen molar-refractivity contribution in [1.29, 1.82) is 0 Å². The minimum atomic E-state index is -0.589. The van der Waals surface area contributed by atoms with E-state index < -0.39 is 17.4 Å². The van der Waals surface area contributed by atoms with Crippen LogP contribution in [-0.4, -0.2) is 24.1 Å². The predicted molar refractivity (Wildman–Crippen MR) is 108 cm³/mol. The number of esters is 2. The summed E-state index contributed by atoms with van der Waals surface area (Å²) in [7, 11) is 0.